The monoisotopic (exact) mass is 586 g/mol. The van der Waals surface area contributed by atoms with Gasteiger partial charge in [0.2, 0.25) is 11.8 Å². The molecule has 1 aromatic carbocycles. The first-order valence-corrected chi connectivity index (χ1v) is 14.5. The molecule has 0 radical (unpaired) electrons. The molecule has 11 heteroatoms. The first-order chi connectivity index (χ1) is 20.4. The normalized spacial score (nSPS) is 19.5. The van der Waals surface area contributed by atoms with E-state index in [1.807, 2.05) is 26.4 Å². The summed E-state index contributed by atoms with van der Waals surface area (Å²) in [6, 6.07) is 4.87. The van der Waals surface area contributed by atoms with E-state index in [1.54, 1.807) is 50.0 Å². The fraction of sp³-hybridized carbons (Fsp3) is 0.406. The Balaban J connectivity index is 1.30. The standard InChI is InChI=1S/C32H35FN6O4/c1-7-21-26(20-14-36-38(6)16-20)27(21)29(40)37-25-12-18-10-22(24(33)11-19(18)13-34-25)23-15-35-30-28(17(23)2)39(8-9-42-30)31(41)43-32(3,4)5/h10-16,21,26-27H,7-9H2,1-6H3,(H,34,37,40)/t21-,26?,27-/m0/s1. The first kappa shape index (κ1) is 28.6. The highest BCUT2D eigenvalue weighted by Crippen LogP contribution is 2.56. The predicted molar refractivity (Wildman–Crippen MR) is 161 cm³/mol. The minimum Gasteiger partial charge on any atom is -0.474 e. The van der Waals surface area contributed by atoms with Crippen molar-refractivity contribution in [3.8, 4) is 17.0 Å². The molecule has 3 atom stereocenters. The van der Waals surface area contributed by atoms with Gasteiger partial charge < -0.3 is 14.8 Å². The number of halogens is 1. The second kappa shape index (κ2) is 10.6. The Kier molecular flexibility index (Phi) is 7.06. The molecule has 10 nitrogen and oxygen atoms in total. The third kappa shape index (κ3) is 5.39. The van der Waals surface area contributed by atoms with Gasteiger partial charge in [-0.15, -0.1) is 0 Å². The number of carbonyl (C=O) groups excluding carboxylic acids is 2. The zero-order chi connectivity index (χ0) is 30.6. The molecule has 224 valence electrons. The quantitative estimate of drug-likeness (QED) is 0.306. The van der Waals surface area contributed by atoms with Crippen molar-refractivity contribution in [1.82, 2.24) is 19.7 Å². The lowest BCUT2D eigenvalue weighted by molar-refractivity contribution is -0.117. The van der Waals surface area contributed by atoms with E-state index in [4.69, 9.17) is 9.47 Å². The van der Waals surface area contributed by atoms with E-state index in [-0.39, 0.29) is 36.8 Å². The number of fused-ring (bicyclic) bond motifs is 2. The highest BCUT2D eigenvalue weighted by atomic mass is 19.1. The number of amides is 2. The van der Waals surface area contributed by atoms with E-state index in [0.29, 0.717) is 44.8 Å². The zero-order valence-electron chi connectivity index (χ0n) is 25.1. The maximum absolute atomic E-state index is 15.5. The van der Waals surface area contributed by atoms with E-state index >= 15 is 4.39 Å². The number of hydrogen-bond donors (Lipinski definition) is 1. The summed E-state index contributed by atoms with van der Waals surface area (Å²) in [5, 5.41) is 8.52. The number of rotatable bonds is 5. The average Bonchev–Trinajstić information content (AvgIpc) is 3.54. The summed E-state index contributed by atoms with van der Waals surface area (Å²) in [4.78, 5) is 36.6. The van der Waals surface area contributed by atoms with E-state index in [9.17, 15) is 9.59 Å². The van der Waals surface area contributed by atoms with Gasteiger partial charge in [0.15, 0.2) is 0 Å². The molecule has 0 saturated heterocycles. The molecule has 1 N–H and O–H groups in total. The molecule has 3 aromatic heterocycles. The van der Waals surface area contributed by atoms with Crippen molar-refractivity contribution >= 4 is 34.3 Å². The summed E-state index contributed by atoms with van der Waals surface area (Å²) in [6.07, 6.45) is 7.25. The fourth-order valence-corrected chi connectivity index (χ4v) is 6.07. The predicted octanol–water partition coefficient (Wildman–Crippen LogP) is 5.99. The second-order valence-corrected chi connectivity index (χ2v) is 12.2. The summed E-state index contributed by atoms with van der Waals surface area (Å²) in [5.74, 6) is 0.356. The number of ether oxygens (including phenoxy) is 2. The lowest BCUT2D eigenvalue weighted by atomic mass is 9.98. The van der Waals surface area contributed by atoms with Crippen molar-refractivity contribution in [3.05, 3.63) is 59.9 Å². The van der Waals surface area contributed by atoms with Crippen molar-refractivity contribution in [2.24, 2.45) is 18.9 Å². The second-order valence-electron chi connectivity index (χ2n) is 12.2. The number of nitrogens with one attached hydrogen (secondary N) is 1. The SMILES string of the molecule is CC[C@H]1C(c2cnn(C)c2)[C@H]1C(=O)Nc1cc2cc(-c3cnc4c(c3C)N(C(=O)OC(C)(C)C)CCO4)c(F)cc2cn1. The molecule has 0 bridgehead atoms. The van der Waals surface area contributed by atoms with E-state index in [1.165, 1.54) is 11.0 Å². The number of aromatic nitrogens is 4. The Morgan fingerprint density at radius 2 is 1.91 bits per heavy atom. The van der Waals surface area contributed by atoms with Crippen LogP contribution in [-0.2, 0) is 16.6 Å². The largest absolute Gasteiger partial charge is 0.474 e. The first-order valence-electron chi connectivity index (χ1n) is 14.5. The summed E-state index contributed by atoms with van der Waals surface area (Å²) in [7, 11) is 1.87. The zero-order valence-corrected chi connectivity index (χ0v) is 25.1. The number of anilines is 2. The van der Waals surface area contributed by atoms with Crippen molar-refractivity contribution in [1.29, 1.82) is 0 Å². The molecule has 1 fully saturated rings. The lowest BCUT2D eigenvalue weighted by Gasteiger charge is -2.32. The topological polar surface area (TPSA) is 111 Å². The van der Waals surface area contributed by atoms with E-state index < -0.39 is 17.5 Å². The summed E-state index contributed by atoms with van der Waals surface area (Å²) < 4.78 is 28.6. The molecule has 1 aliphatic carbocycles. The Labute approximate surface area is 249 Å². The Bertz CT molecular complexity index is 1750. The third-order valence-corrected chi connectivity index (χ3v) is 8.11. The highest BCUT2D eigenvalue weighted by molar-refractivity contribution is 5.98. The van der Waals surface area contributed by atoms with Crippen LogP contribution in [0.3, 0.4) is 0 Å². The van der Waals surface area contributed by atoms with Gasteiger partial charge in [-0.1, -0.05) is 13.3 Å². The van der Waals surface area contributed by atoms with Crippen molar-refractivity contribution in [3.63, 3.8) is 0 Å². The number of pyridine rings is 2. The molecular weight excluding hydrogens is 551 g/mol. The molecule has 43 heavy (non-hydrogen) atoms. The van der Waals surface area contributed by atoms with Crippen LogP contribution >= 0.6 is 0 Å². The van der Waals surface area contributed by atoms with Crippen LogP contribution in [0.4, 0.5) is 20.7 Å². The van der Waals surface area contributed by atoms with Crippen LogP contribution in [0.15, 0.2) is 43.0 Å². The van der Waals surface area contributed by atoms with Crippen LogP contribution in [0.2, 0.25) is 0 Å². The maximum atomic E-state index is 15.5. The van der Waals surface area contributed by atoms with Gasteiger partial charge in [-0.25, -0.2) is 19.2 Å². The summed E-state index contributed by atoms with van der Waals surface area (Å²) >= 11 is 0. The molecule has 0 spiro atoms. The van der Waals surface area contributed by atoms with Crippen LogP contribution in [0.5, 0.6) is 5.88 Å². The average molecular weight is 587 g/mol. The third-order valence-electron chi connectivity index (χ3n) is 8.11. The number of benzene rings is 1. The van der Waals surface area contributed by atoms with Crippen LogP contribution in [0, 0.1) is 24.6 Å². The number of nitrogens with zero attached hydrogens (tertiary/aromatic N) is 5. The highest BCUT2D eigenvalue weighted by Gasteiger charge is 2.54. The Morgan fingerprint density at radius 3 is 2.60 bits per heavy atom. The van der Waals surface area contributed by atoms with Gasteiger partial charge in [-0.05, 0) is 68.3 Å². The van der Waals surface area contributed by atoms with Crippen LogP contribution in [0.1, 0.15) is 51.2 Å². The molecule has 4 aromatic rings. The summed E-state index contributed by atoms with van der Waals surface area (Å²) in [5.41, 5.74) is 2.30. The smallest absolute Gasteiger partial charge is 0.415 e. The molecule has 6 rings (SSSR count). The van der Waals surface area contributed by atoms with E-state index in [2.05, 4.69) is 27.3 Å². The molecular formula is C32H35FN6O4. The minimum absolute atomic E-state index is 0.0909. The molecule has 2 aliphatic rings. The summed E-state index contributed by atoms with van der Waals surface area (Å²) in [6.45, 7) is 9.85. The van der Waals surface area contributed by atoms with Crippen LogP contribution in [0.25, 0.3) is 21.9 Å². The molecule has 1 saturated carbocycles. The van der Waals surface area contributed by atoms with Gasteiger partial charge in [0.25, 0.3) is 0 Å². The van der Waals surface area contributed by atoms with E-state index in [0.717, 1.165) is 12.0 Å². The number of carbonyl (C=O) groups is 2. The number of hydrogen-bond acceptors (Lipinski definition) is 7. The lowest BCUT2D eigenvalue weighted by Crippen LogP contribution is -2.42. The van der Waals surface area contributed by atoms with Gasteiger partial charge in [-0.2, -0.15) is 5.10 Å². The molecule has 2 amide bonds. The van der Waals surface area contributed by atoms with Crippen molar-refractivity contribution in [2.75, 3.05) is 23.4 Å². The Morgan fingerprint density at radius 1 is 1.12 bits per heavy atom. The fourth-order valence-electron chi connectivity index (χ4n) is 6.07. The minimum atomic E-state index is -0.684. The van der Waals surface area contributed by atoms with Crippen LogP contribution in [-0.4, -0.2) is 50.5 Å². The molecule has 1 unspecified atom stereocenters. The van der Waals surface area contributed by atoms with Gasteiger partial charge in [0.05, 0.1) is 12.7 Å². The molecule has 1 aliphatic heterocycles. The van der Waals surface area contributed by atoms with Gasteiger partial charge in [-0.3, -0.25) is 14.4 Å². The Hall–Kier alpha value is -4.54. The van der Waals surface area contributed by atoms with Gasteiger partial charge in [0.1, 0.15) is 29.5 Å². The van der Waals surface area contributed by atoms with Crippen molar-refractivity contribution < 1.29 is 23.5 Å². The van der Waals surface area contributed by atoms with Gasteiger partial charge in [0, 0.05) is 54.0 Å². The van der Waals surface area contributed by atoms with Crippen LogP contribution < -0.4 is 15.0 Å². The van der Waals surface area contributed by atoms with Crippen molar-refractivity contribution in [2.45, 2.75) is 52.6 Å². The number of aryl methyl sites for hydroxylation is 1. The maximum Gasteiger partial charge on any atom is 0.415 e. The van der Waals surface area contributed by atoms with Gasteiger partial charge >= 0.3 is 6.09 Å². The molecule has 4 heterocycles.